The minimum Gasteiger partial charge on any atom is -0.403 e. The van der Waals surface area contributed by atoms with Gasteiger partial charge in [-0.3, -0.25) is 4.79 Å². The number of pyridine rings is 1. The van der Waals surface area contributed by atoms with Gasteiger partial charge in [0.15, 0.2) is 0 Å². The molecule has 0 saturated heterocycles. The van der Waals surface area contributed by atoms with Gasteiger partial charge in [0.1, 0.15) is 0 Å². The van der Waals surface area contributed by atoms with Crippen molar-refractivity contribution in [2.75, 3.05) is 10.6 Å². The summed E-state index contributed by atoms with van der Waals surface area (Å²) in [6, 6.07) is 21.5. The maximum Gasteiger partial charge on any atom is 0.317 e. The van der Waals surface area contributed by atoms with E-state index in [4.69, 9.17) is 9.41 Å². The number of benzodiazepines with no additional fused rings is 1. The molecule has 0 radical (unpaired) electrons. The number of nitrogens with zero attached hydrogens (tertiary/aromatic N) is 5. The number of anilines is 2. The van der Waals surface area contributed by atoms with Gasteiger partial charge >= 0.3 is 6.01 Å². The lowest BCUT2D eigenvalue weighted by molar-refractivity contribution is -0.116. The zero-order chi connectivity index (χ0) is 23.8. The minimum absolute atomic E-state index is 0.0910. The fraction of sp³-hybridized carbons (Fsp3) is 0.115. The summed E-state index contributed by atoms with van der Waals surface area (Å²) in [7, 11) is 0. The SMILES string of the molecule is CCc1ccn2ncc(-c3nnc(N[C@H]4N=C(c5ccccc5)c5ccccc5NC4=O)o3)c2c1. The number of aryl methyl sites for hydroxylation is 1. The van der Waals surface area contributed by atoms with E-state index < -0.39 is 6.17 Å². The molecule has 6 rings (SSSR count). The first-order valence-electron chi connectivity index (χ1n) is 11.3. The number of hydrogen-bond acceptors (Lipinski definition) is 7. The van der Waals surface area contributed by atoms with Gasteiger partial charge in [-0.05, 0) is 30.2 Å². The van der Waals surface area contributed by atoms with Crippen molar-refractivity contribution in [3.63, 3.8) is 0 Å². The number of aromatic nitrogens is 4. The van der Waals surface area contributed by atoms with Crippen LogP contribution >= 0.6 is 0 Å². The van der Waals surface area contributed by atoms with E-state index in [1.165, 1.54) is 5.56 Å². The number of rotatable bonds is 5. The summed E-state index contributed by atoms with van der Waals surface area (Å²) in [5.41, 5.74) is 5.86. The maximum atomic E-state index is 13.1. The van der Waals surface area contributed by atoms with Gasteiger partial charge in [-0.15, -0.1) is 5.10 Å². The largest absolute Gasteiger partial charge is 0.403 e. The number of carbonyl (C=O) groups excluding carboxylic acids is 1. The van der Waals surface area contributed by atoms with Crippen LogP contribution in [0.5, 0.6) is 0 Å². The first-order valence-corrected chi connectivity index (χ1v) is 11.3. The number of carbonyl (C=O) groups is 1. The molecule has 4 heterocycles. The van der Waals surface area contributed by atoms with Crippen LogP contribution in [0.4, 0.5) is 11.7 Å². The van der Waals surface area contributed by atoms with Crippen molar-refractivity contribution in [2.45, 2.75) is 19.5 Å². The Kier molecular flexibility index (Phi) is 5.07. The second kappa shape index (κ2) is 8.53. The molecule has 0 fully saturated rings. The number of para-hydroxylation sites is 1. The highest BCUT2D eigenvalue weighted by atomic mass is 16.4. The van der Waals surface area contributed by atoms with Gasteiger partial charge in [0.2, 0.25) is 6.17 Å². The van der Waals surface area contributed by atoms with Crippen molar-refractivity contribution in [3.05, 3.63) is 95.8 Å². The van der Waals surface area contributed by atoms with Crippen LogP contribution in [0.15, 0.2) is 88.5 Å². The van der Waals surface area contributed by atoms with Crippen molar-refractivity contribution >= 4 is 28.8 Å². The third-order valence-corrected chi connectivity index (χ3v) is 5.90. The van der Waals surface area contributed by atoms with E-state index in [0.717, 1.165) is 23.1 Å². The normalized spacial score (nSPS) is 15.3. The molecule has 1 aliphatic heterocycles. The summed E-state index contributed by atoms with van der Waals surface area (Å²) < 4.78 is 7.65. The van der Waals surface area contributed by atoms with Crippen LogP contribution in [-0.2, 0) is 11.2 Å². The predicted octanol–water partition coefficient (Wildman–Crippen LogP) is 4.17. The number of fused-ring (bicyclic) bond motifs is 2. The molecule has 1 atom stereocenters. The quantitative estimate of drug-likeness (QED) is 0.405. The van der Waals surface area contributed by atoms with E-state index in [1.807, 2.05) is 72.9 Å². The number of aliphatic imine (C=N–C) groups is 1. The lowest BCUT2D eigenvalue weighted by Gasteiger charge is -2.11. The van der Waals surface area contributed by atoms with Gasteiger partial charge in [-0.1, -0.05) is 60.6 Å². The average molecular weight is 464 g/mol. The van der Waals surface area contributed by atoms with E-state index in [1.54, 1.807) is 10.7 Å². The van der Waals surface area contributed by atoms with Gasteiger partial charge in [0.25, 0.3) is 11.8 Å². The van der Waals surface area contributed by atoms with Crippen LogP contribution in [0.25, 0.3) is 17.0 Å². The third-order valence-electron chi connectivity index (χ3n) is 5.90. The molecule has 2 N–H and O–H groups in total. The summed E-state index contributed by atoms with van der Waals surface area (Å²) in [6.07, 6.45) is 3.52. The smallest absolute Gasteiger partial charge is 0.317 e. The highest BCUT2D eigenvalue weighted by Gasteiger charge is 2.27. The molecule has 5 aromatic rings. The summed E-state index contributed by atoms with van der Waals surface area (Å²) in [5.74, 6) is -0.0213. The number of nitrogens with one attached hydrogen (secondary N) is 2. The Hall–Kier alpha value is -4.79. The second-order valence-electron chi connectivity index (χ2n) is 8.11. The molecular weight excluding hydrogens is 442 g/mol. The van der Waals surface area contributed by atoms with Gasteiger partial charge in [0, 0.05) is 17.3 Å². The Morgan fingerprint density at radius 2 is 1.86 bits per heavy atom. The zero-order valence-electron chi connectivity index (χ0n) is 18.8. The molecule has 172 valence electrons. The highest BCUT2D eigenvalue weighted by molar-refractivity contribution is 6.19. The first kappa shape index (κ1) is 20.8. The van der Waals surface area contributed by atoms with Crippen LogP contribution in [0.3, 0.4) is 0 Å². The summed E-state index contributed by atoms with van der Waals surface area (Å²) >= 11 is 0. The molecule has 9 nitrogen and oxygen atoms in total. The van der Waals surface area contributed by atoms with Crippen LogP contribution < -0.4 is 10.6 Å². The average Bonchev–Trinajstić information content (AvgIpc) is 3.50. The molecule has 0 saturated carbocycles. The lowest BCUT2D eigenvalue weighted by atomic mass is 10.0. The highest BCUT2D eigenvalue weighted by Crippen LogP contribution is 2.27. The summed E-state index contributed by atoms with van der Waals surface area (Å²) in [6.45, 7) is 2.09. The van der Waals surface area contributed by atoms with Crippen molar-refractivity contribution in [2.24, 2.45) is 4.99 Å². The molecule has 0 bridgehead atoms. The Morgan fingerprint density at radius 3 is 2.71 bits per heavy atom. The molecule has 0 spiro atoms. The summed E-state index contributed by atoms with van der Waals surface area (Å²) in [5, 5.41) is 18.6. The van der Waals surface area contributed by atoms with Crippen LogP contribution in [0.1, 0.15) is 23.6 Å². The Labute approximate surface area is 200 Å². The van der Waals surface area contributed by atoms with Gasteiger partial charge < -0.3 is 15.1 Å². The fourth-order valence-corrected chi connectivity index (χ4v) is 4.10. The molecule has 0 aliphatic carbocycles. The molecule has 1 amide bonds. The van der Waals surface area contributed by atoms with Crippen LogP contribution in [0.2, 0.25) is 0 Å². The molecule has 3 aromatic heterocycles. The second-order valence-corrected chi connectivity index (χ2v) is 8.11. The van der Waals surface area contributed by atoms with Crippen LogP contribution in [-0.4, -0.2) is 37.6 Å². The minimum atomic E-state index is -0.971. The van der Waals surface area contributed by atoms with E-state index >= 15 is 0 Å². The van der Waals surface area contributed by atoms with Gasteiger partial charge in [-0.25, -0.2) is 9.51 Å². The van der Waals surface area contributed by atoms with Gasteiger partial charge in [0.05, 0.1) is 28.7 Å². The topological polar surface area (TPSA) is 110 Å². The lowest BCUT2D eigenvalue weighted by Crippen LogP contribution is -2.32. The van der Waals surface area contributed by atoms with E-state index in [-0.39, 0.29) is 11.9 Å². The standard InChI is InChI=1S/C26H21N7O2/c1-2-16-12-13-33-21(14-16)19(15-27-33)25-31-32-26(35-25)30-23-24(34)28-20-11-7-6-10-18(20)22(29-23)17-8-4-3-5-9-17/h3-15,23H,2H2,1H3,(H,28,34)(H,30,32)/t23-/m1/s1. The summed E-state index contributed by atoms with van der Waals surface area (Å²) in [4.78, 5) is 17.8. The molecule has 0 unspecified atom stereocenters. The third kappa shape index (κ3) is 3.82. The maximum absolute atomic E-state index is 13.1. The Bertz CT molecular complexity index is 1570. The predicted molar refractivity (Wildman–Crippen MR) is 132 cm³/mol. The first-order chi connectivity index (χ1) is 17.2. The van der Waals surface area contributed by atoms with Crippen molar-refractivity contribution in [3.8, 4) is 11.5 Å². The monoisotopic (exact) mass is 463 g/mol. The fourth-order valence-electron chi connectivity index (χ4n) is 4.10. The van der Waals surface area contributed by atoms with Gasteiger partial charge in [-0.2, -0.15) is 5.10 Å². The van der Waals surface area contributed by atoms with E-state index in [9.17, 15) is 4.79 Å². The van der Waals surface area contributed by atoms with Crippen molar-refractivity contribution < 1.29 is 9.21 Å². The molecular formula is C26H21N7O2. The Balaban J connectivity index is 1.35. The van der Waals surface area contributed by atoms with Crippen molar-refractivity contribution in [1.29, 1.82) is 0 Å². The number of amides is 1. The number of benzene rings is 2. The molecule has 2 aromatic carbocycles. The molecule has 9 heteroatoms. The van der Waals surface area contributed by atoms with E-state index in [0.29, 0.717) is 22.9 Å². The zero-order valence-corrected chi connectivity index (χ0v) is 18.8. The van der Waals surface area contributed by atoms with E-state index in [2.05, 4.69) is 32.9 Å². The molecule has 1 aliphatic rings. The Morgan fingerprint density at radius 1 is 1.03 bits per heavy atom. The number of hydrogen-bond donors (Lipinski definition) is 2. The molecule has 35 heavy (non-hydrogen) atoms. The van der Waals surface area contributed by atoms with Crippen molar-refractivity contribution in [1.82, 2.24) is 19.8 Å². The van der Waals surface area contributed by atoms with Crippen LogP contribution in [0, 0.1) is 0 Å².